The highest BCUT2D eigenvalue weighted by atomic mass is 16.3. The second-order valence-corrected chi connectivity index (χ2v) is 1.86. The molecule has 0 bridgehead atoms. The number of hydrogen-bond donors (Lipinski definition) is 4. The fourth-order valence-electron chi connectivity index (χ4n) is 0.325. The molecule has 0 heterocycles. The molecule has 0 aliphatic carbocycles. The molecule has 0 saturated heterocycles. The molecule has 0 aromatic rings. The zero-order valence-corrected chi connectivity index (χ0v) is 5.02. The number of rotatable bonds is 3. The van der Waals surface area contributed by atoms with Gasteiger partial charge in [-0.3, -0.25) is 11.1 Å². The Morgan fingerprint density at radius 3 is 2.38 bits per heavy atom. The molecule has 0 aromatic carbocycles. The first-order valence-electron chi connectivity index (χ1n) is 2.52. The summed E-state index contributed by atoms with van der Waals surface area (Å²) in [6.07, 6.45) is 0. The topological polar surface area (TPSA) is 84.3 Å². The maximum absolute atomic E-state index is 8.76. The molecule has 0 rings (SSSR count). The molecule has 4 nitrogen and oxygen atoms in total. The Hall–Kier alpha value is -0.160. The Balaban J connectivity index is 3.11. The summed E-state index contributed by atoms with van der Waals surface area (Å²) in [5.74, 6) is -1.28. The third-order valence-corrected chi connectivity index (χ3v) is 0.627. The number of nitrogens with two attached hydrogens (primary N) is 2. The Bertz CT molecular complexity index is 58.8. The molecule has 1 unspecified atom stereocenters. The van der Waals surface area contributed by atoms with E-state index in [2.05, 4.69) is 5.32 Å². The van der Waals surface area contributed by atoms with Crippen LogP contribution in [0.1, 0.15) is 6.92 Å². The van der Waals surface area contributed by atoms with Crippen molar-refractivity contribution in [1.82, 2.24) is 5.32 Å². The lowest BCUT2D eigenvalue weighted by atomic mass is 10.5. The molecule has 50 valence electrons. The van der Waals surface area contributed by atoms with Gasteiger partial charge in [-0.2, -0.15) is 0 Å². The Labute approximate surface area is 48.9 Å². The molecule has 0 fully saturated rings. The maximum Gasteiger partial charge on any atom is 0.166 e. The lowest BCUT2D eigenvalue weighted by Gasteiger charge is -2.17. The lowest BCUT2D eigenvalue weighted by Crippen LogP contribution is -2.52. The van der Waals surface area contributed by atoms with E-state index in [0.717, 1.165) is 0 Å². The van der Waals surface area contributed by atoms with E-state index in [4.69, 9.17) is 16.6 Å². The molecule has 1 atom stereocenters. The molecular formula is C4H13N3O. The van der Waals surface area contributed by atoms with Gasteiger partial charge in [0, 0.05) is 13.1 Å². The molecule has 0 aliphatic rings. The third kappa shape index (κ3) is 5.84. The summed E-state index contributed by atoms with van der Waals surface area (Å²) >= 11 is 0. The minimum Gasteiger partial charge on any atom is -0.363 e. The zero-order chi connectivity index (χ0) is 6.62. The minimum absolute atomic E-state index is 0.480. The van der Waals surface area contributed by atoms with E-state index in [0.29, 0.717) is 13.1 Å². The predicted octanol–water partition coefficient (Wildman–Crippen LogP) is -1.84. The average Bonchev–Trinajstić information content (AvgIpc) is 1.59. The van der Waals surface area contributed by atoms with E-state index in [1.807, 2.05) is 0 Å². The molecular weight excluding hydrogens is 106 g/mol. The van der Waals surface area contributed by atoms with Crippen molar-refractivity contribution in [3.63, 3.8) is 0 Å². The standard InChI is InChI=1S/C4H13N3O/c1-4(6,8)7-3-2-5/h7-8H,2-3,5-6H2,1H3. The van der Waals surface area contributed by atoms with Crippen molar-refractivity contribution in [2.75, 3.05) is 13.1 Å². The van der Waals surface area contributed by atoms with Gasteiger partial charge in [0.15, 0.2) is 5.85 Å². The van der Waals surface area contributed by atoms with Crippen LogP contribution in [0.25, 0.3) is 0 Å². The Kier molecular flexibility index (Phi) is 2.93. The lowest BCUT2D eigenvalue weighted by molar-refractivity contribution is 0.0321. The number of hydrogen-bond acceptors (Lipinski definition) is 4. The summed E-state index contributed by atoms with van der Waals surface area (Å²) in [7, 11) is 0. The summed E-state index contributed by atoms with van der Waals surface area (Å²) in [5.41, 5.74) is 10.2. The largest absolute Gasteiger partial charge is 0.363 e. The summed E-state index contributed by atoms with van der Waals surface area (Å²) in [4.78, 5) is 0. The second-order valence-electron chi connectivity index (χ2n) is 1.86. The zero-order valence-electron chi connectivity index (χ0n) is 5.02. The SMILES string of the molecule is CC(N)(O)NCCN. The third-order valence-electron chi connectivity index (χ3n) is 0.627. The van der Waals surface area contributed by atoms with Crippen molar-refractivity contribution in [3.8, 4) is 0 Å². The van der Waals surface area contributed by atoms with Crippen LogP contribution >= 0.6 is 0 Å². The molecule has 6 N–H and O–H groups in total. The van der Waals surface area contributed by atoms with Crippen LogP contribution in [0.5, 0.6) is 0 Å². The fourth-order valence-corrected chi connectivity index (χ4v) is 0.325. The smallest absolute Gasteiger partial charge is 0.166 e. The highest BCUT2D eigenvalue weighted by molar-refractivity contribution is 4.58. The average molecular weight is 119 g/mol. The van der Waals surface area contributed by atoms with Gasteiger partial charge in [-0.05, 0) is 6.92 Å². The molecule has 0 aromatic heterocycles. The second kappa shape index (κ2) is 2.99. The van der Waals surface area contributed by atoms with E-state index >= 15 is 0 Å². The summed E-state index contributed by atoms with van der Waals surface area (Å²) in [6, 6.07) is 0. The van der Waals surface area contributed by atoms with Crippen molar-refractivity contribution in [3.05, 3.63) is 0 Å². The van der Waals surface area contributed by atoms with Crippen LogP contribution < -0.4 is 16.8 Å². The van der Waals surface area contributed by atoms with Crippen molar-refractivity contribution < 1.29 is 5.11 Å². The molecule has 0 radical (unpaired) electrons. The predicted molar refractivity (Wildman–Crippen MR) is 31.9 cm³/mol. The summed E-state index contributed by atoms with van der Waals surface area (Å²) < 4.78 is 0. The van der Waals surface area contributed by atoms with Crippen LogP contribution in [0, 0.1) is 0 Å². The van der Waals surface area contributed by atoms with Gasteiger partial charge in [-0.1, -0.05) is 0 Å². The van der Waals surface area contributed by atoms with Crippen LogP contribution in [-0.4, -0.2) is 24.0 Å². The summed E-state index contributed by atoms with van der Waals surface area (Å²) in [6.45, 7) is 2.47. The molecule has 8 heavy (non-hydrogen) atoms. The quantitative estimate of drug-likeness (QED) is 0.329. The van der Waals surface area contributed by atoms with Gasteiger partial charge in [0.25, 0.3) is 0 Å². The van der Waals surface area contributed by atoms with E-state index < -0.39 is 5.85 Å². The Morgan fingerprint density at radius 1 is 1.75 bits per heavy atom. The number of aliphatic hydroxyl groups is 1. The van der Waals surface area contributed by atoms with Crippen molar-refractivity contribution in [1.29, 1.82) is 0 Å². The van der Waals surface area contributed by atoms with Crippen molar-refractivity contribution in [2.45, 2.75) is 12.8 Å². The van der Waals surface area contributed by atoms with E-state index in [9.17, 15) is 0 Å². The van der Waals surface area contributed by atoms with Crippen LogP contribution in [0.2, 0.25) is 0 Å². The highest BCUT2D eigenvalue weighted by Gasteiger charge is 2.08. The van der Waals surface area contributed by atoms with Crippen molar-refractivity contribution in [2.24, 2.45) is 11.5 Å². The van der Waals surface area contributed by atoms with E-state index in [-0.39, 0.29) is 0 Å². The van der Waals surface area contributed by atoms with Gasteiger partial charge in [-0.25, -0.2) is 0 Å². The monoisotopic (exact) mass is 119 g/mol. The van der Waals surface area contributed by atoms with Crippen LogP contribution in [0.15, 0.2) is 0 Å². The minimum atomic E-state index is -1.28. The van der Waals surface area contributed by atoms with Crippen LogP contribution in [0.3, 0.4) is 0 Å². The van der Waals surface area contributed by atoms with Crippen molar-refractivity contribution >= 4 is 0 Å². The molecule has 0 amide bonds. The van der Waals surface area contributed by atoms with Gasteiger partial charge >= 0.3 is 0 Å². The Morgan fingerprint density at radius 2 is 2.25 bits per heavy atom. The van der Waals surface area contributed by atoms with Gasteiger partial charge in [0.2, 0.25) is 0 Å². The van der Waals surface area contributed by atoms with E-state index in [1.54, 1.807) is 0 Å². The molecule has 0 saturated carbocycles. The molecule has 0 aliphatic heterocycles. The van der Waals surface area contributed by atoms with E-state index in [1.165, 1.54) is 6.92 Å². The first-order valence-corrected chi connectivity index (χ1v) is 2.52. The van der Waals surface area contributed by atoms with Gasteiger partial charge in [0.05, 0.1) is 0 Å². The molecule has 0 spiro atoms. The van der Waals surface area contributed by atoms with Gasteiger partial charge in [0.1, 0.15) is 0 Å². The summed E-state index contributed by atoms with van der Waals surface area (Å²) in [5, 5.41) is 11.3. The normalized spacial score (nSPS) is 18.0. The molecule has 4 heteroatoms. The van der Waals surface area contributed by atoms with Crippen LogP contribution in [-0.2, 0) is 0 Å². The first kappa shape index (κ1) is 7.84. The van der Waals surface area contributed by atoms with Gasteiger partial charge < -0.3 is 10.8 Å². The maximum atomic E-state index is 8.76. The fraction of sp³-hybridized carbons (Fsp3) is 1.00. The van der Waals surface area contributed by atoms with Crippen LogP contribution in [0.4, 0.5) is 0 Å². The first-order chi connectivity index (χ1) is 3.56. The number of nitrogens with one attached hydrogen (secondary N) is 1. The van der Waals surface area contributed by atoms with Gasteiger partial charge in [-0.15, -0.1) is 0 Å². The highest BCUT2D eigenvalue weighted by Crippen LogP contribution is 1.80.